The number of benzene rings is 1. The molecule has 1 aromatic rings. The molecule has 20 heavy (non-hydrogen) atoms. The summed E-state index contributed by atoms with van der Waals surface area (Å²) >= 11 is 3.27. The molecule has 0 bridgehead atoms. The van der Waals surface area contributed by atoms with E-state index in [1.54, 1.807) is 7.11 Å². The molecule has 7 heteroatoms. The van der Waals surface area contributed by atoms with Gasteiger partial charge in [-0.05, 0) is 23.8 Å². The molecule has 0 radical (unpaired) electrons. The lowest BCUT2D eigenvalue weighted by Gasteiger charge is -2.22. The first-order valence-electron chi connectivity index (χ1n) is 6.18. The highest BCUT2D eigenvalue weighted by atomic mass is 79.9. The van der Waals surface area contributed by atoms with Crippen LogP contribution in [0.15, 0.2) is 27.8 Å². The predicted molar refractivity (Wildman–Crippen MR) is 79.3 cm³/mol. The van der Waals surface area contributed by atoms with Crippen molar-refractivity contribution in [3.05, 3.63) is 34.1 Å². The van der Waals surface area contributed by atoms with Crippen molar-refractivity contribution in [2.45, 2.75) is 13.0 Å². The first-order chi connectivity index (χ1) is 9.55. The van der Waals surface area contributed by atoms with Gasteiger partial charge in [0, 0.05) is 37.6 Å². The smallest absolute Gasteiger partial charge is 0.140 e. The molecule has 5 nitrogen and oxygen atoms in total. The number of nitrogens with zero attached hydrogens (tertiary/aromatic N) is 2. The zero-order valence-electron chi connectivity index (χ0n) is 11.4. The van der Waals surface area contributed by atoms with Gasteiger partial charge in [-0.1, -0.05) is 21.1 Å². The summed E-state index contributed by atoms with van der Waals surface area (Å²) < 4.78 is 19.1. The van der Waals surface area contributed by atoms with Crippen LogP contribution < -0.4 is 5.73 Å². The first kappa shape index (κ1) is 16.9. The summed E-state index contributed by atoms with van der Waals surface area (Å²) in [6.07, 6.45) is 0.441. The molecule has 0 aliphatic heterocycles. The van der Waals surface area contributed by atoms with Crippen LogP contribution in [0.4, 0.5) is 4.39 Å². The summed E-state index contributed by atoms with van der Waals surface area (Å²) in [5, 5.41) is 11.5. The van der Waals surface area contributed by atoms with Crippen LogP contribution in [0.1, 0.15) is 12.0 Å². The second-order valence-corrected chi connectivity index (χ2v) is 5.30. The number of nitrogens with two attached hydrogens (primary N) is 1. The van der Waals surface area contributed by atoms with E-state index in [1.165, 1.54) is 12.1 Å². The Balaban J connectivity index is 2.67. The van der Waals surface area contributed by atoms with Crippen molar-refractivity contribution in [1.82, 2.24) is 4.90 Å². The van der Waals surface area contributed by atoms with Gasteiger partial charge in [0.2, 0.25) is 0 Å². The Morgan fingerprint density at radius 2 is 2.20 bits per heavy atom. The van der Waals surface area contributed by atoms with Crippen LogP contribution in [0.2, 0.25) is 0 Å². The van der Waals surface area contributed by atoms with Crippen molar-refractivity contribution < 1.29 is 14.3 Å². The van der Waals surface area contributed by atoms with E-state index >= 15 is 0 Å². The number of ether oxygens (including phenoxy) is 1. The normalized spacial score (nSPS) is 12.1. The number of halogens is 2. The lowest BCUT2D eigenvalue weighted by atomic mass is 10.2. The van der Waals surface area contributed by atoms with Gasteiger partial charge < -0.3 is 15.7 Å². The highest BCUT2D eigenvalue weighted by Crippen LogP contribution is 2.16. The third-order valence-corrected chi connectivity index (χ3v) is 3.21. The summed E-state index contributed by atoms with van der Waals surface area (Å²) in [6.45, 7) is 2.42. The lowest BCUT2D eigenvalue weighted by Crippen LogP contribution is -2.30. The standard InChI is InChI=1S/C13H19BrFN3O2/c1-20-5-4-18(3-2-13(16)17-19)9-10-6-11(14)8-12(15)7-10/h6-8,19H,2-5,9H2,1H3,(H2,16,17). The van der Waals surface area contributed by atoms with E-state index < -0.39 is 0 Å². The van der Waals surface area contributed by atoms with E-state index in [9.17, 15) is 4.39 Å². The molecule has 0 atom stereocenters. The highest BCUT2D eigenvalue weighted by Gasteiger charge is 2.09. The van der Waals surface area contributed by atoms with Crippen LogP contribution in [0.5, 0.6) is 0 Å². The zero-order chi connectivity index (χ0) is 15.0. The Hall–Kier alpha value is -1.18. The molecule has 1 rings (SSSR count). The monoisotopic (exact) mass is 347 g/mol. The van der Waals surface area contributed by atoms with Gasteiger partial charge in [-0.25, -0.2) is 4.39 Å². The fourth-order valence-electron chi connectivity index (χ4n) is 1.77. The number of methoxy groups -OCH3 is 1. The molecule has 3 N–H and O–H groups in total. The molecule has 0 aromatic heterocycles. The van der Waals surface area contributed by atoms with Crippen molar-refractivity contribution in [3.8, 4) is 0 Å². The molecule has 0 aliphatic carbocycles. The van der Waals surface area contributed by atoms with Crippen molar-refractivity contribution in [1.29, 1.82) is 0 Å². The SMILES string of the molecule is COCCN(CCC(N)=NO)Cc1cc(F)cc(Br)c1. The van der Waals surface area contributed by atoms with Gasteiger partial charge >= 0.3 is 0 Å². The Morgan fingerprint density at radius 3 is 2.80 bits per heavy atom. The van der Waals surface area contributed by atoms with E-state index in [4.69, 9.17) is 15.7 Å². The van der Waals surface area contributed by atoms with E-state index in [0.29, 0.717) is 37.1 Å². The highest BCUT2D eigenvalue weighted by molar-refractivity contribution is 9.10. The molecule has 0 heterocycles. The van der Waals surface area contributed by atoms with Crippen molar-refractivity contribution in [3.63, 3.8) is 0 Å². The average molecular weight is 348 g/mol. The number of amidine groups is 1. The molecule has 0 saturated carbocycles. The molecule has 112 valence electrons. The van der Waals surface area contributed by atoms with E-state index in [2.05, 4.69) is 26.0 Å². The second kappa shape index (κ2) is 8.89. The van der Waals surface area contributed by atoms with E-state index in [1.807, 2.05) is 6.07 Å². The molecule has 0 spiro atoms. The molecule has 0 unspecified atom stereocenters. The quantitative estimate of drug-likeness (QED) is 0.327. The molecule has 0 aliphatic rings. The maximum absolute atomic E-state index is 13.4. The zero-order valence-corrected chi connectivity index (χ0v) is 12.9. The van der Waals surface area contributed by atoms with Crippen LogP contribution in [0.3, 0.4) is 0 Å². The lowest BCUT2D eigenvalue weighted by molar-refractivity contribution is 0.145. The maximum atomic E-state index is 13.4. The topological polar surface area (TPSA) is 71.1 Å². The maximum Gasteiger partial charge on any atom is 0.140 e. The van der Waals surface area contributed by atoms with Crippen molar-refractivity contribution >= 4 is 21.8 Å². The predicted octanol–water partition coefficient (Wildman–Crippen LogP) is 2.17. The van der Waals surface area contributed by atoms with Gasteiger partial charge in [0.1, 0.15) is 11.7 Å². The van der Waals surface area contributed by atoms with Gasteiger partial charge in [-0.15, -0.1) is 0 Å². The fourth-order valence-corrected chi connectivity index (χ4v) is 2.29. The Labute approximate surface area is 126 Å². The minimum atomic E-state index is -0.280. The number of oxime groups is 1. The van der Waals surface area contributed by atoms with Crippen molar-refractivity contribution in [2.75, 3.05) is 26.8 Å². The number of rotatable bonds is 8. The average Bonchev–Trinajstić information content (AvgIpc) is 2.40. The third kappa shape index (κ3) is 6.31. The van der Waals surface area contributed by atoms with Crippen LogP contribution in [-0.2, 0) is 11.3 Å². The largest absolute Gasteiger partial charge is 0.409 e. The van der Waals surface area contributed by atoms with E-state index in [-0.39, 0.29) is 11.7 Å². The van der Waals surface area contributed by atoms with Crippen LogP contribution in [0, 0.1) is 5.82 Å². The van der Waals surface area contributed by atoms with E-state index in [0.717, 1.165) is 5.56 Å². The molecular formula is C13H19BrFN3O2. The second-order valence-electron chi connectivity index (χ2n) is 4.39. The van der Waals surface area contributed by atoms with Crippen molar-refractivity contribution in [2.24, 2.45) is 10.9 Å². The molecule has 0 fully saturated rings. The Morgan fingerprint density at radius 1 is 1.45 bits per heavy atom. The van der Waals surface area contributed by atoms with Gasteiger partial charge in [-0.3, -0.25) is 4.90 Å². The van der Waals surface area contributed by atoms with Crippen LogP contribution in [-0.4, -0.2) is 42.7 Å². The van der Waals surface area contributed by atoms with Crippen LogP contribution >= 0.6 is 15.9 Å². The van der Waals surface area contributed by atoms with Gasteiger partial charge in [0.25, 0.3) is 0 Å². The van der Waals surface area contributed by atoms with Gasteiger partial charge in [0.05, 0.1) is 6.61 Å². The van der Waals surface area contributed by atoms with Gasteiger partial charge in [0.15, 0.2) is 0 Å². The minimum Gasteiger partial charge on any atom is -0.409 e. The Kier molecular flexibility index (Phi) is 7.50. The molecule has 1 aromatic carbocycles. The molecular weight excluding hydrogens is 329 g/mol. The number of hydrogen-bond donors (Lipinski definition) is 2. The summed E-state index contributed by atoms with van der Waals surface area (Å²) in [7, 11) is 1.63. The van der Waals surface area contributed by atoms with Crippen LogP contribution in [0.25, 0.3) is 0 Å². The molecule has 0 amide bonds. The summed E-state index contributed by atoms with van der Waals surface area (Å²) in [5.41, 5.74) is 6.32. The molecule has 0 saturated heterocycles. The third-order valence-electron chi connectivity index (χ3n) is 2.75. The minimum absolute atomic E-state index is 0.174. The first-order valence-corrected chi connectivity index (χ1v) is 6.97. The summed E-state index contributed by atoms with van der Waals surface area (Å²) in [6, 6.07) is 4.78. The summed E-state index contributed by atoms with van der Waals surface area (Å²) in [4.78, 5) is 2.06. The Bertz CT molecular complexity index is 437. The fraction of sp³-hybridized carbons (Fsp3) is 0.462. The van der Waals surface area contributed by atoms with Gasteiger partial charge in [-0.2, -0.15) is 0 Å². The number of hydrogen-bond acceptors (Lipinski definition) is 4. The summed E-state index contributed by atoms with van der Waals surface area (Å²) in [5.74, 6) is -0.106.